The van der Waals surface area contributed by atoms with Gasteiger partial charge < -0.3 is 5.32 Å². The van der Waals surface area contributed by atoms with Gasteiger partial charge in [0, 0.05) is 29.9 Å². The number of rotatable bonds is 2. The predicted molar refractivity (Wildman–Crippen MR) is 74.2 cm³/mol. The van der Waals surface area contributed by atoms with E-state index in [1.54, 1.807) is 12.1 Å². The van der Waals surface area contributed by atoms with Gasteiger partial charge in [0.25, 0.3) is 0 Å². The number of likely N-dealkylation sites (tertiary alicyclic amines) is 1. The number of hydrogen-bond acceptors (Lipinski definition) is 2. The van der Waals surface area contributed by atoms with Gasteiger partial charge in [-0.2, -0.15) is 0 Å². The lowest BCUT2D eigenvalue weighted by Gasteiger charge is -2.17. The van der Waals surface area contributed by atoms with Crippen LogP contribution in [0.15, 0.2) is 24.3 Å². The summed E-state index contributed by atoms with van der Waals surface area (Å²) >= 11 is 5.84. The molecule has 1 unspecified atom stereocenters. The summed E-state index contributed by atoms with van der Waals surface area (Å²) in [7, 11) is 0. The number of urea groups is 1. The second-order valence-corrected chi connectivity index (χ2v) is 5.50. The van der Waals surface area contributed by atoms with Crippen molar-refractivity contribution in [3.63, 3.8) is 0 Å². The molecule has 1 aliphatic heterocycles. The number of halogens is 1. The molecule has 1 heterocycles. The SMILES string of the molecule is CC(C)NC(=O)N1CC(c2ccc(Cl)cc2)CC1=O. The Kier molecular flexibility index (Phi) is 4.10. The molecule has 0 spiro atoms. The van der Waals surface area contributed by atoms with Gasteiger partial charge >= 0.3 is 6.03 Å². The second-order valence-electron chi connectivity index (χ2n) is 5.06. The quantitative estimate of drug-likeness (QED) is 0.906. The molecule has 102 valence electrons. The third-order valence-electron chi connectivity index (χ3n) is 3.12. The minimum atomic E-state index is -0.309. The van der Waals surface area contributed by atoms with Crippen LogP contribution in [-0.2, 0) is 4.79 Å². The van der Waals surface area contributed by atoms with Crippen LogP contribution in [-0.4, -0.2) is 29.4 Å². The normalized spacial score (nSPS) is 19.1. The van der Waals surface area contributed by atoms with Gasteiger partial charge in [0.2, 0.25) is 5.91 Å². The van der Waals surface area contributed by atoms with Crippen molar-refractivity contribution < 1.29 is 9.59 Å². The molecule has 5 heteroatoms. The largest absolute Gasteiger partial charge is 0.335 e. The number of nitrogens with one attached hydrogen (secondary N) is 1. The van der Waals surface area contributed by atoms with Crippen molar-refractivity contribution in [2.45, 2.75) is 32.2 Å². The molecule has 1 aromatic carbocycles. The van der Waals surface area contributed by atoms with Crippen molar-refractivity contribution in [1.29, 1.82) is 0 Å². The van der Waals surface area contributed by atoms with Crippen molar-refractivity contribution in [2.75, 3.05) is 6.54 Å². The van der Waals surface area contributed by atoms with Gasteiger partial charge in [-0.05, 0) is 31.5 Å². The van der Waals surface area contributed by atoms with Crippen LogP contribution < -0.4 is 5.32 Å². The summed E-state index contributed by atoms with van der Waals surface area (Å²) in [4.78, 5) is 25.0. The van der Waals surface area contributed by atoms with E-state index in [0.29, 0.717) is 18.0 Å². The number of hydrogen-bond donors (Lipinski definition) is 1. The summed E-state index contributed by atoms with van der Waals surface area (Å²) in [5.74, 6) is -0.0687. The van der Waals surface area contributed by atoms with Crippen molar-refractivity contribution in [1.82, 2.24) is 10.2 Å². The maximum atomic E-state index is 11.9. The van der Waals surface area contributed by atoms with Crippen LogP contribution in [0.4, 0.5) is 4.79 Å². The van der Waals surface area contributed by atoms with Crippen LogP contribution >= 0.6 is 11.6 Å². The Balaban J connectivity index is 2.06. The van der Waals surface area contributed by atoms with E-state index in [-0.39, 0.29) is 23.9 Å². The first-order chi connectivity index (χ1) is 8.97. The molecule has 1 N–H and O–H groups in total. The summed E-state index contributed by atoms with van der Waals surface area (Å²) in [5.41, 5.74) is 1.04. The molecule has 0 aromatic heterocycles. The first kappa shape index (κ1) is 13.9. The molecule has 0 aliphatic carbocycles. The Bertz CT molecular complexity index is 485. The topological polar surface area (TPSA) is 49.4 Å². The molecular weight excluding hydrogens is 264 g/mol. The molecule has 1 saturated heterocycles. The highest BCUT2D eigenvalue weighted by Gasteiger charge is 2.34. The molecule has 0 bridgehead atoms. The van der Waals surface area contributed by atoms with Crippen molar-refractivity contribution in [2.24, 2.45) is 0 Å². The van der Waals surface area contributed by atoms with Gasteiger partial charge in [0.05, 0.1) is 0 Å². The number of carbonyl (C=O) groups is 2. The lowest BCUT2D eigenvalue weighted by Crippen LogP contribution is -2.43. The van der Waals surface area contributed by atoms with Crippen molar-refractivity contribution >= 4 is 23.5 Å². The van der Waals surface area contributed by atoms with Gasteiger partial charge in [0.1, 0.15) is 0 Å². The Morgan fingerprint density at radius 1 is 1.37 bits per heavy atom. The second kappa shape index (κ2) is 5.61. The average Bonchev–Trinajstić information content (AvgIpc) is 2.71. The molecule has 2 rings (SSSR count). The summed E-state index contributed by atoms with van der Waals surface area (Å²) < 4.78 is 0. The van der Waals surface area contributed by atoms with Gasteiger partial charge in [-0.15, -0.1) is 0 Å². The van der Waals surface area contributed by atoms with Gasteiger partial charge in [-0.25, -0.2) is 4.79 Å². The fourth-order valence-electron chi connectivity index (χ4n) is 2.19. The van der Waals surface area contributed by atoms with Crippen LogP contribution in [0, 0.1) is 0 Å². The number of amides is 3. The fraction of sp³-hybridized carbons (Fsp3) is 0.429. The Morgan fingerprint density at radius 2 is 2.00 bits per heavy atom. The highest BCUT2D eigenvalue weighted by molar-refractivity contribution is 6.30. The van der Waals surface area contributed by atoms with E-state index < -0.39 is 0 Å². The molecule has 4 nitrogen and oxygen atoms in total. The summed E-state index contributed by atoms with van der Waals surface area (Å²) in [6, 6.07) is 7.14. The van der Waals surface area contributed by atoms with Crippen LogP contribution in [0.2, 0.25) is 5.02 Å². The van der Waals surface area contributed by atoms with Crippen molar-refractivity contribution in [3.8, 4) is 0 Å². The van der Waals surface area contributed by atoms with E-state index in [1.807, 2.05) is 26.0 Å². The van der Waals surface area contributed by atoms with E-state index in [2.05, 4.69) is 5.32 Å². The lowest BCUT2D eigenvalue weighted by atomic mass is 9.98. The Hall–Kier alpha value is -1.55. The van der Waals surface area contributed by atoms with Crippen LogP contribution in [0.5, 0.6) is 0 Å². The first-order valence-corrected chi connectivity index (χ1v) is 6.71. The highest BCUT2D eigenvalue weighted by Crippen LogP contribution is 2.28. The van der Waals surface area contributed by atoms with Gasteiger partial charge in [0.15, 0.2) is 0 Å². The fourth-order valence-corrected chi connectivity index (χ4v) is 2.31. The Labute approximate surface area is 117 Å². The maximum Gasteiger partial charge on any atom is 0.324 e. The summed E-state index contributed by atoms with van der Waals surface area (Å²) in [5, 5.41) is 3.41. The third-order valence-corrected chi connectivity index (χ3v) is 3.38. The van der Waals surface area contributed by atoms with E-state index in [9.17, 15) is 9.59 Å². The molecule has 0 saturated carbocycles. The summed E-state index contributed by atoms with van der Waals surface area (Å²) in [6.45, 7) is 4.17. The molecule has 1 aliphatic rings. The number of benzene rings is 1. The van der Waals surface area contributed by atoms with Crippen molar-refractivity contribution in [3.05, 3.63) is 34.9 Å². The lowest BCUT2D eigenvalue weighted by molar-refractivity contribution is -0.125. The van der Waals surface area contributed by atoms with Gasteiger partial charge in [-0.1, -0.05) is 23.7 Å². The first-order valence-electron chi connectivity index (χ1n) is 6.33. The zero-order valence-electron chi connectivity index (χ0n) is 11.0. The van der Waals surface area contributed by atoms with Gasteiger partial charge in [-0.3, -0.25) is 9.69 Å². The monoisotopic (exact) mass is 280 g/mol. The molecule has 1 fully saturated rings. The molecular formula is C14H17ClN2O2. The molecule has 1 atom stereocenters. The van der Waals surface area contributed by atoms with E-state index in [1.165, 1.54) is 4.90 Å². The molecule has 0 radical (unpaired) electrons. The molecule has 1 aromatic rings. The average molecular weight is 281 g/mol. The Morgan fingerprint density at radius 3 is 2.58 bits per heavy atom. The minimum Gasteiger partial charge on any atom is -0.335 e. The number of carbonyl (C=O) groups excluding carboxylic acids is 2. The van der Waals surface area contributed by atoms with Crippen LogP contribution in [0.3, 0.4) is 0 Å². The minimum absolute atomic E-state index is 0.0230. The van der Waals surface area contributed by atoms with E-state index in [4.69, 9.17) is 11.6 Å². The molecule has 3 amide bonds. The zero-order valence-corrected chi connectivity index (χ0v) is 11.8. The van der Waals surface area contributed by atoms with Crippen LogP contribution in [0.25, 0.3) is 0 Å². The number of imide groups is 1. The standard InChI is InChI=1S/C14H17ClN2O2/c1-9(2)16-14(19)17-8-11(7-13(17)18)10-3-5-12(15)6-4-10/h3-6,9,11H,7-8H2,1-2H3,(H,16,19). The smallest absolute Gasteiger partial charge is 0.324 e. The molecule has 19 heavy (non-hydrogen) atoms. The maximum absolute atomic E-state index is 11.9. The zero-order chi connectivity index (χ0) is 14.0. The third kappa shape index (κ3) is 3.26. The highest BCUT2D eigenvalue weighted by atomic mass is 35.5. The van der Waals surface area contributed by atoms with E-state index in [0.717, 1.165) is 5.56 Å². The van der Waals surface area contributed by atoms with E-state index >= 15 is 0 Å². The van der Waals surface area contributed by atoms with Crippen LogP contribution in [0.1, 0.15) is 31.7 Å². The number of nitrogens with zero attached hydrogens (tertiary/aromatic N) is 1. The predicted octanol–water partition coefficient (Wildman–Crippen LogP) is 2.77. The summed E-state index contributed by atoms with van der Waals surface area (Å²) in [6.07, 6.45) is 0.368.